The van der Waals surface area contributed by atoms with Gasteiger partial charge in [0, 0.05) is 53.2 Å². The van der Waals surface area contributed by atoms with Gasteiger partial charge in [-0.3, -0.25) is 20.2 Å². The van der Waals surface area contributed by atoms with E-state index in [2.05, 4.69) is 429 Å². The van der Waals surface area contributed by atoms with Crippen molar-refractivity contribution >= 4 is 166 Å². The summed E-state index contributed by atoms with van der Waals surface area (Å²) < 4.78 is 14.2. The van der Waals surface area contributed by atoms with Gasteiger partial charge in [-0.05, 0) is 235 Å². The second kappa shape index (κ2) is 35.7. The molecule has 4 aliphatic carbocycles. The van der Waals surface area contributed by atoms with Crippen LogP contribution in [0.4, 0.5) is 11.4 Å². The number of benzene rings is 20. The van der Waals surface area contributed by atoms with Gasteiger partial charge in [-0.2, -0.15) is 0 Å². The molecular weight excluding hydrogens is 1850 g/mol. The maximum absolute atomic E-state index is 12.4. The first kappa shape index (κ1) is 91.4. The number of aromatic nitrogens is 1. The first-order chi connectivity index (χ1) is 67.0. The lowest BCUT2D eigenvalue weighted by atomic mass is 9.76. The normalized spacial score (nSPS) is 14.9. The Balaban J connectivity index is 0.000000101. The number of halogens is 2. The Morgan fingerprint density at radius 3 is 1.07 bits per heavy atom. The van der Waals surface area contributed by atoms with Gasteiger partial charge in [-0.1, -0.05) is 441 Å². The minimum absolute atomic E-state index is 0.0154. The number of nitro benzene ring substituents is 2. The van der Waals surface area contributed by atoms with Gasteiger partial charge in [0.15, 0.2) is 0 Å². The van der Waals surface area contributed by atoms with Gasteiger partial charge in [0.2, 0.25) is 0 Å². The Kier molecular flexibility index (Phi) is 23.5. The van der Waals surface area contributed by atoms with Crippen LogP contribution in [-0.2, 0) is 31.0 Å². The molecule has 13 heteroatoms. The number of hydrogen-bond acceptors (Lipinski definition) is 6. The van der Waals surface area contributed by atoms with Crippen LogP contribution in [0, 0.1) is 20.2 Å². The summed E-state index contributed by atoms with van der Waals surface area (Å²) in [6.07, 6.45) is 0. The van der Waals surface area contributed by atoms with Gasteiger partial charge in [-0.25, -0.2) is 0 Å². The van der Waals surface area contributed by atoms with Crippen LogP contribution in [0.2, 0.25) is 0 Å². The van der Waals surface area contributed by atoms with Crippen LogP contribution >= 0.6 is 39.8 Å². The maximum Gasteiger partial charge on any atom is 0.494 e. The summed E-state index contributed by atoms with van der Waals surface area (Å²) in [4.78, 5) is 27.0. The predicted octanol–water partition coefficient (Wildman–Crippen LogP) is 33.0. The van der Waals surface area contributed by atoms with E-state index >= 15 is 0 Å². The topological polar surface area (TPSA) is 121 Å². The van der Waals surface area contributed by atoms with E-state index in [0.29, 0.717) is 20.8 Å². The molecule has 0 saturated carbocycles. The molecule has 20 aromatic carbocycles. The van der Waals surface area contributed by atoms with Crippen molar-refractivity contribution in [3.8, 4) is 55.6 Å². The first-order valence-electron chi connectivity index (χ1n) is 47.5. The highest BCUT2D eigenvalue weighted by Gasteiger charge is 2.52. The summed E-state index contributed by atoms with van der Waals surface area (Å²) in [6.45, 7) is 26.7. The molecule has 0 unspecified atom stereocenters. The van der Waals surface area contributed by atoms with Crippen LogP contribution in [0.3, 0.4) is 0 Å². The highest BCUT2D eigenvalue weighted by atomic mass is 79.9. The summed E-state index contributed by atoms with van der Waals surface area (Å²) >= 11 is 6.92. The second-order valence-electron chi connectivity index (χ2n) is 39.8. The highest BCUT2D eigenvalue weighted by molar-refractivity contribution is 9.11. The maximum atomic E-state index is 12.4. The van der Waals surface area contributed by atoms with E-state index < -0.39 is 7.92 Å². The number of nitro groups is 2. The van der Waals surface area contributed by atoms with E-state index in [1.807, 2.05) is 84.9 Å². The van der Waals surface area contributed by atoms with E-state index in [4.69, 9.17) is 9.31 Å². The molecule has 0 atom stereocenters. The van der Waals surface area contributed by atoms with E-state index in [0.717, 1.165) is 53.4 Å². The van der Waals surface area contributed by atoms with Crippen LogP contribution < -0.4 is 21.4 Å². The monoisotopic (exact) mass is 1950 g/mol. The third-order valence-electron chi connectivity index (χ3n) is 29.9. The fraction of sp³-hybridized carbons (Fsp3) is 0.143. The van der Waals surface area contributed by atoms with Crippen molar-refractivity contribution in [3.05, 3.63) is 474 Å². The average molecular weight is 1960 g/mol. The quantitative estimate of drug-likeness (QED) is 0.0558. The standard InChI is InChI=1S/C29H21NO2.C29H21N.C21H25BO2.C18H15P.C15H13Br.C14H8BrNO2/c1-29(2)25-14-8-7-11-21(25)24-17-18(15-16-26(24)29)27-22-12-5-3-9-19(22)20-10-4-6-13-23(20)28(27)30(31)32;1-29(2)23-14-8-7-13-21(23)26-24(29)16-15-22-25-19-11-5-3-9-17(19)18-10-4-6-12-20(18)27(25)30-28(22)26;1-19(2)17-10-8-7-9-15(17)16-13-14(11-12-18(16)19)22-23-20(3,4)21(5,6)24-22;1-4-10-16(11-5-1)19(17-12-6-2-7-13-17)18-14-8-3-9-15-18;1-15(2)13-6-4-3-5-11(13)12-9-10(16)7-8-14(12)15;15-13-11-7-3-1-5-9(11)10-6-2-4-8-12(10)14(13)16(17)18/h3-17H,1-2H3;3-16,30H,1-2H3;7-13H,1-6H3;1-15H;3-9H,1-2H3;1-8H. The molecule has 680 valence electrons. The van der Waals surface area contributed by atoms with E-state index in [9.17, 15) is 20.2 Å². The first-order valence-corrected chi connectivity index (χ1v) is 50.5. The zero-order valence-electron chi connectivity index (χ0n) is 79.7. The van der Waals surface area contributed by atoms with Crippen molar-refractivity contribution in [1.82, 2.24) is 4.98 Å². The van der Waals surface area contributed by atoms with Crippen molar-refractivity contribution in [2.75, 3.05) is 0 Å². The van der Waals surface area contributed by atoms with E-state index in [1.165, 1.54) is 143 Å². The van der Waals surface area contributed by atoms with E-state index in [-0.39, 0.29) is 61.2 Å². The molecule has 0 bridgehead atoms. The Morgan fingerprint density at radius 1 is 0.273 bits per heavy atom. The van der Waals surface area contributed by atoms with Crippen LogP contribution in [0.5, 0.6) is 0 Å². The molecule has 0 spiro atoms. The third kappa shape index (κ3) is 15.7. The van der Waals surface area contributed by atoms with E-state index in [1.54, 1.807) is 6.07 Å². The molecule has 0 amide bonds. The van der Waals surface area contributed by atoms with Crippen molar-refractivity contribution in [2.24, 2.45) is 0 Å². The SMILES string of the molecule is CC1(C)c2ccccc2-c2c1ccc1c2[nH]c2c3ccccc3c3ccccc3c12.CC1(C)c2ccccc2-c2cc(-c3c([N+](=O)[O-])c4ccccc4c4ccccc34)ccc21.CC1(C)c2ccccc2-c2cc(B3OC(C)(C)C(C)(C)O3)ccc21.CC1(C)c2ccccc2-c2cc(Br)ccc21.O=[N+]([O-])c1c(Br)c2ccccc2c2ccccc12.c1ccc(P(c2ccccc2)c2ccccc2)cc1. The molecule has 1 aromatic heterocycles. The fourth-order valence-electron chi connectivity index (χ4n) is 22.3. The Bertz CT molecular complexity index is 8410. The average Bonchev–Trinajstić information content (AvgIpc) is 1.56. The zero-order chi connectivity index (χ0) is 96.3. The number of fused-ring (bicyclic) bond motifs is 27. The minimum Gasteiger partial charge on any atom is -0.399 e. The van der Waals surface area contributed by atoms with Crippen molar-refractivity contribution < 1.29 is 19.2 Å². The van der Waals surface area contributed by atoms with Crippen molar-refractivity contribution in [1.29, 1.82) is 0 Å². The predicted molar refractivity (Wildman–Crippen MR) is 592 cm³/mol. The molecule has 1 N–H and O–H groups in total. The summed E-state index contributed by atoms with van der Waals surface area (Å²) in [5.74, 6) is 0. The van der Waals surface area contributed by atoms with Gasteiger partial charge < -0.3 is 14.3 Å². The van der Waals surface area contributed by atoms with Crippen LogP contribution in [-0.4, -0.2) is 33.2 Å². The lowest BCUT2D eigenvalue weighted by Crippen LogP contribution is -2.41. The summed E-state index contributed by atoms with van der Waals surface area (Å²) in [5.41, 5.74) is 26.5. The largest absolute Gasteiger partial charge is 0.494 e. The molecule has 0 radical (unpaired) electrons. The number of rotatable bonds is 7. The molecule has 26 rings (SSSR count). The van der Waals surface area contributed by atoms with Gasteiger partial charge in [0.05, 0.1) is 48.4 Å². The van der Waals surface area contributed by atoms with Crippen LogP contribution in [0.15, 0.2) is 409 Å². The third-order valence-corrected chi connectivity index (χ3v) is 33.6. The summed E-state index contributed by atoms with van der Waals surface area (Å²) in [5, 5.41) is 42.7. The van der Waals surface area contributed by atoms with Crippen molar-refractivity contribution in [3.63, 3.8) is 0 Å². The van der Waals surface area contributed by atoms with Crippen LogP contribution in [0.1, 0.15) is 128 Å². The summed E-state index contributed by atoms with van der Waals surface area (Å²) in [7, 11) is -0.755. The second-order valence-corrected chi connectivity index (χ2v) is 43.8. The fourth-order valence-corrected chi connectivity index (χ4v) is 25.7. The number of aromatic amines is 1. The number of nitrogens with one attached hydrogen (secondary N) is 1. The smallest absolute Gasteiger partial charge is 0.399 e. The molecule has 21 aromatic rings. The van der Waals surface area contributed by atoms with Crippen LogP contribution in [0.25, 0.3) is 142 Å². The minimum atomic E-state index is -0.446. The lowest BCUT2D eigenvalue weighted by molar-refractivity contribution is -0.383. The zero-order valence-corrected chi connectivity index (χ0v) is 83.8. The molecule has 2 heterocycles. The number of hydrogen-bond donors (Lipinski definition) is 1. The van der Waals surface area contributed by atoms with Gasteiger partial charge in [-0.15, -0.1) is 0 Å². The summed E-state index contributed by atoms with van der Waals surface area (Å²) in [6, 6.07) is 140. The molecule has 9 nitrogen and oxygen atoms in total. The highest BCUT2D eigenvalue weighted by Crippen LogP contribution is 2.57. The number of H-pyrrole nitrogens is 1. The molecule has 139 heavy (non-hydrogen) atoms. The van der Waals surface area contributed by atoms with Crippen molar-refractivity contribution in [2.45, 2.75) is 116 Å². The Morgan fingerprint density at radius 2 is 0.597 bits per heavy atom. The molecule has 5 aliphatic rings. The number of nitrogens with zero attached hydrogens (tertiary/aromatic N) is 2. The molecule has 1 fully saturated rings. The van der Waals surface area contributed by atoms with Gasteiger partial charge in [0.25, 0.3) is 11.4 Å². The van der Waals surface area contributed by atoms with Gasteiger partial charge in [0.1, 0.15) is 4.47 Å². The molecule has 1 saturated heterocycles. The van der Waals surface area contributed by atoms with Gasteiger partial charge >= 0.3 is 7.12 Å². The lowest BCUT2D eigenvalue weighted by Gasteiger charge is -2.32. The Labute approximate surface area is 829 Å². The molecular formula is C126H103BBr2N3O6P. The molecule has 1 aliphatic heterocycles. The Hall–Kier alpha value is -14.1.